The minimum atomic E-state index is -6.85. The van der Waals surface area contributed by atoms with Gasteiger partial charge in [-0.15, -0.1) is 3.63 Å². The second-order valence-corrected chi connectivity index (χ2v) is 23.9. The van der Waals surface area contributed by atoms with Crippen LogP contribution in [0.4, 0.5) is 39.5 Å². The van der Waals surface area contributed by atoms with E-state index in [-0.39, 0.29) is 19.2 Å². The second kappa shape index (κ2) is 49.8. The summed E-state index contributed by atoms with van der Waals surface area (Å²) in [7, 11) is -19.1. The maximum atomic E-state index is 11.9. The molecular weight excluding hydrogens is 1170 g/mol. The first-order chi connectivity index (χ1) is 37.2. The van der Waals surface area contributed by atoms with Crippen LogP contribution in [-0.4, -0.2) is 129 Å². The van der Waals surface area contributed by atoms with E-state index in [1.54, 1.807) is 13.0 Å². The number of amides is 1. The molecule has 82 heavy (non-hydrogen) atoms. The molecule has 0 aliphatic carbocycles. The third-order valence-corrected chi connectivity index (χ3v) is 14.6. The first-order valence-corrected chi connectivity index (χ1v) is 31.1. The number of aliphatic imine (C=N–C) groups is 1. The van der Waals surface area contributed by atoms with Crippen LogP contribution in [0.3, 0.4) is 0 Å². The van der Waals surface area contributed by atoms with Crippen molar-refractivity contribution in [1.29, 1.82) is 0 Å². The van der Waals surface area contributed by atoms with Crippen LogP contribution in [0.15, 0.2) is 64.7 Å². The summed E-state index contributed by atoms with van der Waals surface area (Å²) in [4.78, 5) is 17.1. The van der Waals surface area contributed by atoms with Gasteiger partial charge in [-0.05, 0) is 110 Å². The Bertz CT molecular complexity index is 2110. The van der Waals surface area contributed by atoms with Crippen molar-refractivity contribution in [3.05, 3.63) is 59.8 Å². The van der Waals surface area contributed by atoms with Gasteiger partial charge in [0.1, 0.15) is 6.61 Å². The molecule has 0 aromatic rings. The molecule has 0 aromatic heterocycles. The molecule has 1 fully saturated rings. The van der Waals surface area contributed by atoms with Gasteiger partial charge in [-0.2, -0.15) is 64.8 Å². The minimum Gasteiger partial charge on any atom is -0.479 e. The van der Waals surface area contributed by atoms with E-state index in [0.29, 0.717) is 32.1 Å². The van der Waals surface area contributed by atoms with Gasteiger partial charge in [0, 0.05) is 40.2 Å². The predicted octanol–water partition coefficient (Wildman–Crippen LogP) is 13.7. The molecule has 2 heterocycles. The van der Waals surface area contributed by atoms with Crippen LogP contribution in [0.2, 0.25) is 0 Å². The molecule has 3 atom stereocenters. The summed E-state index contributed by atoms with van der Waals surface area (Å²) in [5, 5.41) is 8.61. The van der Waals surface area contributed by atoms with E-state index < -0.39 is 53.5 Å². The van der Waals surface area contributed by atoms with Crippen molar-refractivity contribution in [2.45, 2.75) is 190 Å². The number of ether oxygens (including phenoxy) is 3. The fraction of sp³-hybridized carbons (Fsp3) is 0.778. The summed E-state index contributed by atoms with van der Waals surface area (Å²) in [5.41, 5.74) is -12.9. The Hall–Kier alpha value is -3.38. The summed E-state index contributed by atoms with van der Waals surface area (Å²) < 4.78 is 186. The molecule has 1 saturated heterocycles. The lowest BCUT2D eigenvalue weighted by Crippen LogP contribution is -2.34. The van der Waals surface area contributed by atoms with Crippen molar-refractivity contribution in [2.24, 2.45) is 22.7 Å². The normalized spacial score (nSPS) is 14.7. The number of carbonyl (C=O) groups excluding carboxylic acids is 1. The fourth-order valence-electron chi connectivity index (χ4n) is 5.02. The van der Waals surface area contributed by atoms with Crippen molar-refractivity contribution in [1.82, 2.24) is 4.90 Å². The van der Waals surface area contributed by atoms with Crippen LogP contribution >= 0.6 is 0 Å². The molecule has 0 spiro atoms. The lowest BCUT2D eigenvalue weighted by atomic mass is 10.0. The quantitative estimate of drug-likeness (QED) is 0.0107. The number of rotatable bonds is 29. The number of aliphatic hydroxyl groups is 1. The Morgan fingerprint density at radius 1 is 0.671 bits per heavy atom. The van der Waals surface area contributed by atoms with Gasteiger partial charge < -0.3 is 29.7 Å². The maximum absolute atomic E-state index is 11.9. The van der Waals surface area contributed by atoms with Crippen molar-refractivity contribution in [3.8, 4) is 0 Å². The number of nitrogens with zero attached hydrogens (tertiary/aromatic N) is 2. The smallest absolute Gasteiger partial charge is 0.479 e. The van der Waals surface area contributed by atoms with Gasteiger partial charge >= 0.3 is 48.3 Å². The standard InChI is InChI=1S/C18H35NO2.C12H21F3O3S.C11H22O.C5H8.C4H7NO.C2F6O5S2.C2H4O.H2O/c1-6-12-19(18(5)20)13-15-21-14-8-9-17(4)11-10-16(3)7-2;1-4-10(2)7-8-11(3)6-5-9-18-19(16,17)12(13,14)15;1-4-10(2)7-8-11(3)6-5-9-12;1-4-5(2)3;1-4-5-2-3-6-4;3-1(4,5)14(9,10)13-15(11,12)2(6,7)8;1-2-3-1;/h11,16H,6-10,12-15H2,1-5H3;8,10H,4-7,9H2,1-3H3;8,10,12H,4-7,9H2,1-3H3;4H,1-2H2,3H3;2-3H2,1H3;;1-2H2;1H2/p+2. The Kier molecular flexibility index (Phi) is 54.6. The molecule has 0 radical (unpaired) electrons. The van der Waals surface area contributed by atoms with Crippen molar-refractivity contribution in [2.75, 3.05) is 65.9 Å². The van der Waals surface area contributed by atoms with Crippen LogP contribution in [-0.2, 0) is 62.6 Å². The SMILES string of the molecule is C1CO1.C=CC(=C)C.CC1=NCCO1.CCC(C)CC=C(C)CCCO.CCC(C)CC=C(C)CCCOS(=O)(=O)C(F)(F)F.CCCN(CCOCCCC(C)=CCC(C)CC)C(C)=O.O=S(=O)(OS(=O)(=O)C(F)(F)F)C(F)(F)F.[H+].[OH3+]. The highest BCUT2D eigenvalue weighted by Gasteiger charge is 2.57. The Morgan fingerprint density at radius 3 is 1.29 bits per heavy atom. The zero-order chi connectivity index (χ0) is 64.1. The van der Waals surface area contributed by atoms with E-state index in [9.17, 15) is 69.6 Å². The van der Waals surface area contributed by atoms with Crippen molar-refractivity contribution < 1.29 is 104 Å². The first-order valence-electron chi connectivity index (χ1n) is 26.9. The highest BCUT2D eigenvalue weighted by molar-refractivity contribution is 8.00. The van der Waals surface area contributed by atoms with Crippen LogP contribution in [0.5, 0.6) is 0 Å². The summed E-state index contributed by atoms with van der Waals surface area (Å²) in [6, 6.07) is 0. The monoisotopic (exact) mass is 1270 g/mol. The van der Waals surface area contributed by atoms with E-state index in [1.807, 2.05) is 35.4 Å². The summed E-state index contributed by atoms with van der Waals surface area (Å²) in [5.74, 6) is 3.12. The Balaban J connectivity index is -0.000000172. The van der Waals surface area contributed by atoms with Gasteiger partial charge in [-0.3, -0.25) is 14.0 Å². The average Bonchev–Trinajstić information content (AvgIpc) is 4.19. The molecule has 0 aromatic carbocycles. The topological polar surface area (TPSA) is 238 Å². The third kappa shape index (κ3) is 55.8. The van der Waals surface area contributed by atoms with Crippen LogP contribution in [0, 0.1) is 17.8 Å². The van der Waals surface area contributed by atoms with Gasteiger partial charge in [0.2, 0.25) is 5.91 Å². The fourth-order valence-corrected chi connectivity index (χ4v) is 7.05. The number of hydrogen-bond acceptors (Lipinski definition) is 14. The van der Waals surface area contributed by atoms with Gasteiger partial charge in [0.25, 0.3) is 0 Å². The molecule has 490 valence electrons. The maximum Gasteiger partial charge on any atom is 1.00 e. The van der Waals surface area contributed by atoms with Crippen molar-refractivity contribution in [3.63, 3.8) is 0 Å². The Morgan fingerprint density at radius 2 is 1.04 bits per heavy atom. The summed E-state index contributed by atoms with van der Waals surface area (Å²) >= 11 is 0. The number of carbonyl (C=O) groups is 1. The van der Waals surface area contributed by atoms with Crippen LogP contribution in [0.25, 0.3) is 0 Å². The molecular formula is C54H101F9N2O14S3+2. The molecule has 1 amide bonds. The van der Waals surface area contributed by atoms with Crippen LogP contribution < -0.4 is 0 Å². The largest absolute Gasteiger partial charge is 1.00 e. The first kappa shape index (κ1) is 89.8. The van der Waals surface area contributed by atoms with E-state index in [2.05, 4.69) is 102 Å². The second-order valence-electron chi connectivity index (χ2n) is 19.1. The molecule has 16 nitrogen and oxygen atoms in total. The van der Waals surface area contributed by atoms with E-state index in [4.69, 9.17) is 14.6 Å². The average molecular weight is 1270 g/mol. The Labute approximate surface area is 487 Å². The number of hydrogen-bond donors (Lipinski definition) is 1. The molecule has 2 aliphatic rings. The van der Waals surface area contributed by atoms with Gasteiger partial charge in [-0.1, -0.05) is 127 Å². The molecule has 4 N–H and O–H groups in total. The number of epoxide rings is 1. The zero-order valence-corrected chi connectivity index (χ0v) is 53.1. The summed E-state index contributed by atoms with van der Waals surface area (Å²) in [6.45, 7) is 40.5. The number of allylic oxidation sites excluding steroid dienone is 8. The van der Waals surface area contributed by atoms with E-state index >= 15 is 0 Å². The third-order valence-electron chi connectivity index (χ3n) is 11.0. The zero-order valence-electron chi connectivity index (χ0n) is 51.7. The molecule has 2 rings (SSSR count). The molecule has 0 saturated carbocycles. The van der Waals surface area contributed by atoms with Gasteiger partial charge in [-0.25, -0.2) is 0 Å². The van der Waals surface area contributed by atoms with Gasteiger partial charge in [0.05, 0.1) is 33.0 Å². The highest BCUT2D eigenvalue weighted by Crippen LogP contribution is 2.32. The predicted molar refractivity (Wildman–Crippen MR) is 309 cm³/mol. The lowest BCUT2D eigenvalue weighted by Gasteiger charge is -2.20. The van der Waals surface area contributed by atoms with E-state index in [1.165, 1.54) is 36.8 Å². The number of halogens is 9. The minimum absolute atomic E-state index is 0. The highest BCUT2D eigenvalue weighted by atomic mass is 32.3. The number of alkyl halides is 9. The summed E-state index contributed by atoms with van der Waals surface area (Å²) in [6.07, 6.45) is 21.2. The lowest BCUT2D eigenvalue weighted by molar-refractivity contribution is -0.129. The van der Waals surface area contributed by atoms with Crippen LogP contribution in [0.1, 0.15) is 175 Å². The molecule has 0 bridgehead atoms. The molecule has 2 aliphatic heterocycles. The number of aliphatic hydroxyl groups excluding tert-OH is 1. The van der Waals surface area contributed by atoms with Crippen molar-refractivity contribution >= 4 is 42.2 Å². The molecule has 28 heteroatoms. The molecule has 3 unspecified atom stereocenters. The van der Waals surface area contributed by atoms with E-state index in [0.717, 1.165) is 113 Å². The van der Waals surface area contributed by atoms with Gasteiger partial charge in [0.15, 0.2) is 5.90 Å².